The molecule has 0 aliphatic carbocycles. The molecule has 0 fully saturated rings. The molecule has 26 heavy (non-hydrogen) atoms. The number of amides is 1. The highest BCUT2D eigenvalue weighted by Gasteiger charge is 2.25. The van der Waals surface area contributed by atoms with Crippen molar-refractivity contribution in [1.29, 1.82) is 0 Å². The van der Waals surface area contributed by atoms with Crippen LogP contribution >= 0.6 is 0 Å². The van der Waals surface area contributed by atoms with Crippen LogP contribution < -0.4 is 21.9 Å². The van der Waals surface area contributed by atoms with Crippen LogP contribution in [0.3, 0.4) is 0 Å². The molecule has 0 unspecified atom stereocenters. The molecule has 1 aromatic heterocycles. The lowest BCUT2D eigenvalue weighted by Crippen LogP contribution is -2.41. The predicted molar refractivity (Wildman–Crippen MR) is 104 cm³/mol. The van der Waals surface area contributed by atoms with E-state index in [0.717, 1.165) is 18.4 Å². The fourth-order valence-electron chi connectivity index (χ4n) is 2.87. The highest BCUT2D eigenvalue weighted by Crippen LogP contribution is 2.21. The molecule has 0 spiro atoms. The molecule has 140 valence electrons. The van der Waals surface area contributed by atoms with Gasteiger partial charge in [-0.05, 0) is 31.4 Å². The second kappa shape index (κ2) is 8.51. The Labute approximate surface area is 152 Å². The molecule has 0 radical (unpaired) electrons. The van der Waals surface area contributed by atoms with Gasteiger partial charge < -0.3 is 10.6 Å². The monoisotopic (exact) mass is 358 g/mol. The summed E-state index contributed by atoms with van der Waals surface area (Å²) in [7, 11) is 0. The maximum Gasteiger partial charge on any atom is 0.330 e. The molecule has 7 heteroatoms. The molecule has 0 saturated carbocycles. The largest absolute Gasteiger partial charge is 0.383 e. The van der Waals surface area contributed by atoms with Crippen LogP contribution in [0, 0.1) is 6.92 Å². The molecule has 0 saturated heterocycles. The highest BCUT2D eigenvalue weighted by molar-refractivity contribution is 6.08. The standard InChI is InChI=1S/C19H26N4O3/c1-4-6-12-23-16(20)15(17(24)21-19(23)26)22(11-5-2)18(25)14-10-8-7-9-13(14)3/h7-10H,4-6,11-12,20H2,1-3H3,(H,21,24,26). The van der Waals surface area contributed by atoms with Crippen LogP contribution in [0.5, 0.6) is 0 Å². The van der Waals surface area contributed by atoms with Gasteiger partial charge in [0.1, 0.15) is 5.82 Å². The van der Waals surface area contributed by atoms with Gasteiger partial charge in [0.05, 0.1) is 0 Å². The molecule has 0 bridgehead atoms. The van der Waals surface area contributed by atoms with Crippen LogP contribution in [0.4, 0.5) is 11.5 Å². The smallest absolute Gasteiger partial charge is 0.330 e. The minimum Gasteiger partial charge on any atom is -0.383 e. The summed E-state index contributed by atoms with van der Waals surface area (Å²) >= 11 is 0. The summed E-state index contributed by atoms with van der Waals surface area (Å²) in [5, 5.41) is 0. The number of hydrogen-bond acceptors (Lipinski definition) is 4. The van der Waals surface area contributed by atoms with Gasteiger partial charge in [-0.15, -0.1) is 0 Å². The Morgan fingerprint density at radius 1 is 1.19 bits per heavy atom. The van der Waals surface area contributed by atoms with Gasteiger partial charge in [0, 0.05) is 18.7 Å². The Balaban J connectivity index is 2.60. The summed E-state index contributed by atoms with van der Waals surface area (Å²) in [6, 6.07) is 7.19. The topological polar surface area (TPSA) is 101 Å². The van der Waals surface area contributed by atoms with Gasteiger partial charge >= 0.3 is 5.69 Å². The Morgan fingerprint density at radius 3 is 2.50 bits per heavy atom. The van der Waals surface area contributed by atoms with Gasteiger partial charge in [-0.25, -0.2) is 4.79 Å². The predicted octanol–water partition coefficient (Wildman–Crippen LogP) is 2.28. The summed E-state index contributed by atoms with van der Waals surface area (Å²) in [6.45, 7) is 6.47. The van der Waals surface area contributed by atoms with Crippen LogP contribution in [0.1, 0.15) is 49.0 Å². The number of nitrogens with two attached hydrogens (primary N) is 1. The van der Waals surface area contributed by atoms with E-state index in [-0.39, 0.29) is 17.4 Å². The van der Waals surface area contributed by atoms with Crippen LogP contribution in [0.25, 0.3) is 0 Å². The lowest BCUT2D eigenvalue weighted by molar-refractivity contribution is 0.0986. The Hall–Kier alpha value is -2.83. The van der Waals surface area contributed by atoms with E-state index in [0.29, 0.717) is 25.1 Å². The fourth-order valence-corrected chi connectivity index (χ4v) is 2.87. The number of aromatic amines is 1. The van der Waals surface area contributed by atoms with Crippen LogP contribution in [0.15, 0.2) is 33.9 Å². The molecule has 0 aliphatic rings. The van der Waals surface area contributed by atoms with Crippen molar-refractivity contribution in [1.82, 2.24) is 9.55 Å². The highest BCUT2D eigenvalue weighted by atomic mass is 16.2. The van der Waals surface area contributed by atoms with Crippen molar-refractivity contribution < 1.29 is 4.79 Å². The number of nitrogens with one attached hydrogen (secondary N) is 1. The van der Waals surface area contributed by atoms with Crippen LogP contribution in [-0.4, -0.2) is 22.0 Å². The van der Waals surface area contributed by atoms with E-state index in [4.69, 9.17) is 5.73 Å². The zero-order valence-electron chi connectivity index (χ0n) is 15.5. The molecular weight excluding hydrogens is 332 g/mol. The quantitative estimate of drug-likeness (QED) is 0.793. The van der Waals surface area contributed by atoms with E-state index in [9.17, 15) is 14.4 Å². The third kappa shape index (κ3) is 3.87. The van der Waals surface area contributed by atoms with E-state index in [1.807, 2.05) is 32.9 Å². The molecule has 1 amide bonds. The number of carbonyl (C=O) groups is 1. The first-order valence-electron chi connectivity index (χ1n) is 8.92. The number of aryl methyl sites for hydroxylation is 1. The minimum absolute atomic E-state index is 0.0302. The fraction of sp³-hybridized carbons (Fsp3) is 0.421. The third-order valence-electron chi connectivity index (χ3n) is 4.29. The number of carbonyl (C=O) groups excluding carboxylic acids is 1. The molecule has 1 aromatic carbocycles. The van der Waals surface area contributed by atoms with Crippen molar-refractivity contribution in [3.8, 4) is 0 Å². The van der Waals surface area contributed by atoms with Gasteiger partial charge in [0.15, 0.2) is 5.69 Å². The van der Waals surface area contributed by atoms with Crippen LogP contribution in [0.2, 0.25) is 0 Å². The normalized spacial score (nSPS) is 10.7. The number of H-pyrrole nitrogens is 1. The second-order valence-corrected chi connectivity index (χ2v) is 6.27. The lowest BCUT2D eigenvalue weighted by Gasteiger charge is -2.24. The summed E-state index contributed by atoms with van der Waals surface area (Å²) < 4.78 is 1.33. The van der Waals surface area contributed by atoms with Crippen LogP contribution in [-0.2, 0) is 6.54 Å². The molecule has 3 N–H and O–H groups in total. The summed E-state index contributed by atoms with van der Waals surface area (Å²) in [6.07, 6.45) is 2.26. The zero-order valence-corrected chi connectivity index (χ0v) is 15.5. The number of unbranched alkanes of at least 4 members (excludes halogenated alkanes) is 1. The van der Waals surface area contributed by atoms with Gasteiger partial charge in [0.2, 0.25) is 0 Å². The van der Waals surface area contributed by atoms with Gasteiger partial charge in [0.25, 0.3) is 11.5 Å². The van der Waals surface area contributed by atoms with Crippen molar-refractivity contribution in [2.45, 2.75) is 46.6 Å². The van der Waals surface area contributed by atoms with Crippen molar-refractivity contribution >= 4 is 17.4 Å². The zero-order chi connectivity index (χ0) is 19.3. The first-order chi connectivity index (χ1) is 12.4. The summed E-state index contributed by atoms with van der Waals surface area (Å²) in [4.78, 5) is 41.4. The molecule has 7 nitrogen and oxygen atoms in total. The van der Waals surface area contributed by atoms with Crippen molar-refractivity contribution in [2.24, 2.45) is 0 Å². The van der Waals surface area contributed by atoms with Gasteiger partial charge in [-0.2, -0.15) is 0 Å². The Morgan fingerprint density at radius 2 is 1.88 bits per heavy atom. The third-order valence-corrected chi connectivity index (χ3v) is 4.29. The Bertz CT molecular complexity index is 898. The molecule has 2 rings (SSSR count). The summed E-state index contributed by atoms with van der Waals surface area (Å²) in [5.41, 5.74) is 6.32. The lowest BCUT2D eigenvalue weighted by atomic mass is 10.1. The van der Waals surface area contributed by atoms with E-state index < -0.39 is 11.2 Å². The first-order valence-corrected chi connectivity index (χ1v) is 8.92. The number of hydrogen-bond donors (Lipinski definition) is 2. The molecule has 0 aliphatic heterocycles. The molecule has 1 heterocycles. The maximum absolute atomic E-state index is 13.1. The minimum atomic E-state index is -0.643. The number of rotatable bonds is 7. The number of aromatic nitrogens is 2. The summed E-state index contributed by atoms with van der Waals surface area (Å²) in [5.74, 6) is -0.273. The average molecular weight is 358 g/mol. The number of anilines is 2. The van der Waals surface area contributed by atoms with Gasteiger partial charge in [-0.1, -0.05) is 38.5 Å². The van der Waals surface area contributed by atoms with Crippen molar-refractivity contribution in [3.05, 3.63) is 56.2 Å². The number of benzene rings is 1. The van der Waals surface area contributed by atoms with E-state index in [1.165, 1.54) is 9.47 Å². The average Bonchev–Trinajstić information content (AvgIpc) is 2.60. The molecule has 0 atom stereocenters. The molecule has 2 aromatic rings. The van der Waals surface area contributed by atoms with E-state index in [2.05, 4.69) is 4.98 Å². The Kier molecular flexibility index (Phi) is 6.38. The molecular formula is C19H26N4O3. The number of nitrogens with zero attached hydrogens (tertiary/aromatic N) is 2. The number of nitrogen functional groups attached to an aromatic ring is 1. The second-order valence-electron chi connectivity index (χ2n) is 6.27. The maximum atomic E-state index is 13.1. The SMILES string of the molecule is CCCCn1c(N)c(N(CCC)C(=O)c2ccccc2C)c(=O)[nH]c1=O. The van der Waals surface area contributed by atoms with E-state index >= 15 is 0 Å². The van der Waals surface area contributed by atoms with Crippen molar-refractivity contribution in [2.75, 3.05) is 17.2 Å². The van der Waals surface area contributed by atoms with Crippen molar-refractivity contribution in [3.63, 3.8) is 0 Å². The van der Waals surface area contributed by atoms with Gasteiger partial charge in [-0.3, -0.25) is 19.1 Å². The van der Waals surface area contributed by atoms with E-state index in [1.54, 1.807) is 12.1 Å². The first kappa shape index (κ1) is 19.5.